The van der Waals surface area contributed by atoms with Gasteiger partial charge in [-0.2, -0.15) is 14.6 Å². The van der Waals surface area contributed by atoms with Crippen LogP contribution in [0.3, 0.4) is 0 Å². The molecule has 0 radical (unpaired) electrons. The summed E-state index contributed by atoms with van der Waals surface area (Å²) in [5.74, 6) is 0.897. The fourth-order valence-corrected chi connectivity index (χ4v) is 3.98. The Kier molecular flexibility index (Phi) is 4.34. The minimum absolute atomic E-state index is 0.238. The summed E-state index contributed by atoms with van der Waals surface area (Å²) in [7, 11) is 0. The van der Waals surface area contributed by atoms with Crippen LogP contribution in [0.4, 0.5) is 10.3 Å². The predicted octanol–water partition coefficient (Wildman–Crippen LogP) is 3.79. The van der Waals surface area contributed by atoms with Gasteiger partial charge in [-0.25, -0.2) is 9.37 Å². The van der Waals surface area contributed by atoms with Gasteiger partial charge >= 0.3 is 0 Å². The Morgan fingerprint density at radius 1 is 1.21 bits per heavy atom. The van der Waals surface area contributed by atoms with Crippen LogP contribution in [0, 0.1) is 5.82 Å². The van der Waals surface area contributed by atoms with Crippen LogP contribution in [0.1, 0.15) is 44.6 Å². The van der Waals surface area contributed by atoms with E-state index in [-0.39, 0.29) is 12.0 Å². The number of halogens is 1. The van der Waals surface area contributed by atoms with Crippen molar-refractivity contribution in [2.45, 2.75) is 45.1 Å². The van der Waals surface area contributed by atoms with Gasteiger partial charge in [0.25, 0.3) is 0 Å². The fourth-order valence-electron chi connectivity index (χ4n) is 3.98. The number of aromatic nitrogens is 5. The smallest absolute Gasteiger partial charge is 0.228 e. The van der Waals surface area contributed by atoms with Crippen LogP contribution >= 0.6 is 0 Å². The number of hydrogen-bond acceptors (Lipinski definition) is 6. The van der Waals surface area contributed by atoms with E-state index in [0.29, 0.717) is 17.3 Å². The largest absolute Gasteiger partial charge is 0.351 e. The van der Waals surface area contributed by atoms with E-state index >= 15 is 0 Å². The highest BCUT2D eigenvalue weighted by atomic mass is 19.1. The molecule has 29 heavy (non-hydrogen) atoms. The van der Waals surface area contributed by atoms with E-state index in [2.05, 4.69) is 44.2 Å². The molecule has 0 unspecified atom stereocenters. The Morgan fingerprint density at radius 3 is 2.93 bits per heavy atom. The molecular formula is C21H22FN7. The lowest BCUT2D eigenvalue weighted by molar-refractivity contribution is 0.607. The molecule has 3 aromatic heterocycles. The number of anilines is 1. The summed E-state index contributed by atoms with van der Waals surface area (Å²) < 4.78 is 15.5. The van der Waals surface area contributed by atoms with E-state index in [1.54, 1.807) is 10.7 Å². The van der Waals surface area contributed by atoms with Crippen molar-refractivity contribution in [3.8, 4) is 11.4 Å². The number of aliphatic imine (C=N–C) groups is 1. The number of nitrogens with one attached hydrogen (secondary N) is 1. The van der Waals surface area contributed by atoms with E-state index < -0.39 is 5.82 Å². The zero-order chi connectivity index (χ0) is 20.0. The molecule has 5 rings (SSSR count). The van der Waals surface area contributed by atoms with Crippen molar-refractivity contribution in [3.63, 3.8) is 0 Å². The van der Waals surface area contributed by atoms with E-state index in [1.165, 1.54) is 23.4 Å². The third-order valence-electron chi connectivity index (χ3n) is 5.56. The lowest BCUT2D eigenvalue weighted by Crippen LogP contribution is -2.26. The van der Waals surface area contributed by atoms with Crippen LogP contribution in [0.15, 0.2) is 40.8 Å². The number of rotatable bonds is 4. The van der Waals surface area contributed by atoms with E-state index in [1.807, 2.05) is 12.4 Å². The third kappa shape index (κ3) is 3.28. The lowest BCUT2D eigenvalue weighted by Gasteiger charge is -2.24. The highest BCUT2D eigenvalue weighted by molar-refractivity contribution is 5.83. The van der Waals surface area contributed by atoms with Gasteiger partial charge in [0.15, 0.2) is 11.5 Å². The summed E-state index contributed by atoms with van der Waals surface area (Å²) in [4.78, 5) is 17.7. The maximum Gasteiger partial charge on any atom is 0.228 e. The first-order valence-electron chi connectivity index (χ1n) is 9.92. The third-order valence-corrected chi connectivity index (χ3v) is 5.56. The molecule has 0 saturated heterocycles. The molecule has 1 aliphatic heterocycles. The molecule has 0 aromatic carbocycles. The van der Waals surface area contributed by atoms with E-state index in [0.717, 1.165) is 37.0 Å². The lowest BCUT2D eigenvalue weighted by atomic mass is 9.90. The Labute approximate surface area is 167 Å². The van der Waals surface area contributed by atoms with E-state index in [4.69, 9.17) is 0 Å². The van der Waals surface area contributed by atoms with Crippen LogP contribution in [-0.4, -0.2) is 43.4 Å². The monoisotopic (exact) mass is 391 g/mol. The topological polar surface area (TPSA) is 80.4 Å². The summed E-state index contributed by atoms with van der Waals surface area (Å²) in [6, 6.07) is 1.64. The Morgan fingerprint density at radius 2 is 2.10 bits per heavy atom. The van der Waals surface area contributed by atoms with Gasteiger partial charge in [0, 0.05) is 29.6 Å². The standard InChI is InChI=1S/C21H22FN7/c1-12(2)18-11-25-29-20(18)27-19(15-5-16(22)10-24-9-15)28-21(29)26-17-4-3-13-7-23-8-14(13)6-17/h5,8-12,17H,3-4,6-7H2,1-2H3,(H,26,27,28)/t17-/m0/s1. The molecular weight excluding hydrogens is 369 g/mol. The molecule has 0 saturated carbocycles. The van der Waals surface area contributed by atoms with Crippen molar-refractivity contribution in [2.75, 3.05) is 11.9 Å². The van der Waals surface area contributed by atoms with Gasteiger partial charge in [0.05, 0.1) is 18.9 Å². The average Bonchev–Trinajstić information content (AvgIpc) is 3.34. The highest BCUT2D eigenvalue weighted by Crippen LogP contribution is 2.30. The molecule has 3 aromatic rings. The van der Waals surface area contributed by atoms with Gasteiger partial charge in [-0.15, -0.1) is 0 Å². The van der Waals surface area contributed by atoms with Crippen molar-refractivity contribution < 1.29 is 4.39 Å². The summed E-state index contributed by atoms with van der Waals surface area (Å²) in [6.45, 7) is 5.04. The minimum Gasteiger partial charge on any atom is -0.351 e. The maximum absolute atomic E-state index is 13.7. The second-order valence-electron chi connectivity index (χ2n) is 7.94. The van der Waals surface area contributed by atoms with Crippen molar-refractivity contribution in [1.82, 2.24) is 24.6 Å². The van der Waals surface area contributed by atoms with Crippen LogP contribution in [0.2, 0.25) is 0 Å². The highest BCUT2D eigenvalue weighted by Gasteiger charge is 2.24. The van der Waals surface area contributed by atoms with Gasteiger partial charge in [-0.3, -0.25) is 9.98 Å². The molecule has 8 heteroatoms. The van der Waals surface area contributed by atoms with Crippen LogP contribution in [0.5, 0.6) is 0 Å². The second kappa shape index (κ2) is 7.02. The quantitative estimate of drug-likeness (QED) is 0.732. The van der Waals surface area contributed by atoms with Gasteiger partial charge in [0.2, 0.25) is 5.95 Å². The molecule has 0 fully saturated rings. The molecule has 1 N–H and O–H groups in total. The van der Waals surface area contributed by atoms with Gasteiger partial charge in [-0.05, 0) is 42.4 Å². The van der Waals surface area contributed by atoms with Gasteiger partial charge < -0.3 is 5.32 Å². The fraction of sp³-hybridized carbons (Fsp3) is 0.381. The Bertz CT molecular complexity index is 1150. The molecule has 148 valence electrons. The molecule has 0 amide bonds. The van der Waals surface area contributed by atoms with Crippen molar-refractivity contribution in [3.05, 3.63) is 47.2 Å². The maximum atomic E-state index is 13.7. The summed E-state index contributed by atoms with van der Waals surface area (Å²) >= 11 is 0. The van der Waals surface area contributed by atoms with Crippen LogP contribution in [-0.2, 0) is 0 Å². The number of nitrogens with zero attached hydrogens (tertiary/aromatic N) is 6. The molecule has 1 atom stereocenters. The van der Waals surface area contributed by atoms with Crippen molar-refractivity contribution in [1.29, 1.82) is 0 Å². The molecule has 0 spiro atoms. The van der Waals surface area contributed by atoms with Crippen LogP contribution in [0.25, 0.3) is 17.0 Å². The molecule has 1 aliphatic carbocycles. The number of fused-ring (bicyclic) bond motifs is 1. The SMILES string of the molecule is CC(C)c1cnn2c(N[C@H]3CCC4=C(C=NC4)C3)nc(-c3cncc(F)c3)nc12. The first kappa shape index (κ1) is 17.9. The summed E-state index contributed by atoms with van der Waals surface area (Å²) in [6.07, 6.45) is 9.55. The van der Waals surface area contributed by atoms with Gasteiger partial charge in [-0.1, -0.05) is 13.8 Å². The van der Waals surface area contributed by atoms with Crippen molar-refractivity contribution in [2.24, 2.45) is 4.99 Å². The molecule has 4 heterocycles. The van der Waals surface area contributed by atoms with Crippen molar-refractivity contribution >= 4 is 17.8 Å². The summed E-state index contributed by atoms with van der Waals surface area (Å²) in [5.41, 5.74) is 5.08. The molecule has 2 aliphatic rings. The first-order valence-corrected chi connectivity index (χ1v) is 9.92. The normalized spacial score (nSPS) is 18.7. The van der Waals surface area contributed by atoms with Gasteiger partial charge in [0.1, 0.15) is 5.82 Å². The number of pyridine rings is 1. The van der Waals surface area contributed by atoms with E-state index in [9.17, 15) is 4.39 Å². The number of hydrogen-bond donors (Lipinski definition) is 1. The second-order valence-corrected chi connectivity index (χ2v) is 7.94. The zero-order valence-electron chi connectivity index (χ0n) is 16.4. The minimum atomic E-state index is -0.412. The molecule has 0 bridgehead atoms. The predicted molar refractivity (Wildman–Crippen MR) is 110 cm³/mol. The average molecular weight is 391 g/mol. The first-order chi connectivity index (χ1) is 14.1. The Hall–Kier alpha value is -3.16. The van der Waals surface area contributed by atoms with Crippen LogP contribution < -0.4 is 5.32 Å². The molecule has 7 nitrogen and oxygen atoms in total. The Balaban J connectivity index is 1.57. The summed E-state index contributed by atoms with van der Waals surface area (Å²) in [5, 5.41) is 8.08. The zero-order valence-corrected chi connectivity index (χ0v) is 16.4.